The molecule has 0 radical (unpaired) electrons. The van der Waals surface area contributed by atoms with E-state index >= 15 is 0 Å². The Balaban J connectivity index is 2.20. The molecule has 1 heterocycles. The van der Waals surface area contributed by atoms with E-state index in [-0.39, 0.29) is 5.84 Å². The van der Waals surface area contributed by atoms with E-state index in [2.05, 4.69) is 23.0 Å². The van der Waals surface area contributed by atoms with Crippen molar-refractivity contribution in [2.24, 2.45) is 5.73 Å². The van der Waals surface area contributed by atoms with Crippen molar-refractivity contribution in [2.45, 2.75) is 16.8 Å². The zero-order chi connectivity index (χ0) is 12.3. The van der Waals surface area contributed by atoms with Gasteiger partial charge in [-0.2, -0.15) is 0 Å². The van der Waals surface area contributed by atoms with Crippen LogP contribution in [0, 0.1) is 12.3 Å². The predicted molar refractivity (Wildman–Crippen MR) is 68.4 cm³/mol. The second-order valence-corrected chi connectivity index (χ2v) is 4.58. The van der Waals surface area contributed by atoms with Crippen LogP contribution >= 0.6 is 11.8 Å². The summed E-state index contributed by atoms with van der Waals surface area (Å²) in [4.78, 5) is 9.44. The number of rotatable bonds is 3. The van der Waals surface area contributed by atoms with Crippen LogP contribution in [-0.2, 0) is 0 Å². The number of nitrogens with two attached hydrogens (primary N) is 1. The highest BCUT2D eigenvalue weighted by Gasteiger charge is 2.03. The second-order valence-electron chi connectivity index (χ2n) is 3.52. The van der Waals surface area contributed by atoms with Crippen molar-refractivity contribution >= 4 is 17.6 Å². The molecule has 0 spiro atoms. The van der Waals surface area contributed by atoms with Crippen molar-refractivity contribution in [3.05, 3.63) is 47.9 Å². The molecule has 2 aromatic rings. The van der Waals surface area contributed by atoms with Crippen LogP contribution in [0.3, 0.4) is 0 Å². The monoisotopic (exact) mass is 244 g/mol. The van der Waals surface area contributed by atoms with Crippen LogP contribution in [0.4, 0.5) is 0 Å². The Labute approximate surface area is 104 Å². The molecule has 2 rings (SSSR count). The second kappa shape index (κ2) is 4.97. The molecule has 0 aliphatic carbocycles. The van der Waals surface area contributed by atoms with Gasteiger partial charge in [0.25, 0.3) is 0 Å². The Morgan fingerprint density at radius 2 is 2.00 bits per heavy atom. The van der Waals surface area contributed by atoms with E-state index < -0.39 is 0 Å². The fourth-order valence-corrected chi connectivity index (χ4v) is 2.10. The van der Waals surface area contributed by atoms with Gasteiger partial charge in [-0.05, 0) is 18.6 Å². The lowest BCUT2D eigenvalue weighted by Crippen LogP contribution is -2.13. The SMILES string of the molecule is Cc1ccccc1Sc1cnc(C(=N)N)cn1. The topological polar surface area (TPSA) is 75.7 Å². The van der Waals surface area contributed by atoms with Gasteiger partial charge in [-0.25, -0.2) is 9.97 Å². The summed E-state index contributed by atoms with van der Waals surface area (Å²) in [5.41, 5.74) is 6.92. The van der Waals surface area contributed by atoms with Crippen molar-refractivity contribution in [1.29, 1.82) is 5.41 Å². The number of aryl methyl sites for hydroxylation is 1. The number of nitrogens with zero attached hydrogens (tertiary/aromatic N) is 2. The zero-order valence-corrected chi connectivity index (χ0v) is 10.2. The fourth-order valence-electron chi connectivity index (χ4n) is 1.29. The van der Waals surface area contributed by atoms with Gasteiger partial charge < -0.3 is 5.73 Å². The maximum Gasteiger partial charge on any atom is 0.143 e. The first kappa shape index (κ1) is 11.6. The maximum atomic E-state index is 7.23. The van der Waals surface area contributed by atoms with Crippen LogP contribution in [0.15, 0.2) is 46.6 Å². The molecule has 1 aromatic carbocycles. The highest BCUT2D eigenvalue weighted by Crippen LogP contribution is 2.27. The third-order valence-corrected chi connectivity index (χ3v) is 3.31. The van der Waals surface area contributed by atoms with Crippen LogP contribution in [0.25, 0.3) is 0 Å². The summed E-state index contributed by atoms with van der Waals surface area (Å²) in [7, 11) is 0. The molecule has 0 atom stereocenters. The largest absolute Gasteiger partial charge is 0.382 e. The van der Waals surface area contributed by atoms with E-state index in [1.54, 1.807) is 18.0 Å². The molecule has 0 unspecified atom stereocenters. The van der Waals surface area contributed by atoms with Gasteiger partial charge in [-0.3, -0.25) is 5.41 Å². The molecule has 3 N–H and O–H groups in total. The minimum Gasteiger partial charge on any atom is -0.382 e. The smallest absolute Gasteiger partial charge is 0.143 e. The summed E-state index contributed by atoms with van der Waals surface area (Å²) in [6, 6.07) is 8.09. The summed E-state index contributed by atoms with van der Waals surface area (Å²) in [6.07, 6.45) is 3.15. The standard InChI is InChI=1S/C12H12N4S/c1-8-4-2-3-5-10(8)17-11-7-15-9(6-16-11)12(13)14/h2-7H,1H3,(H3,13,14). The van der Waals surface area contributed by atoms with Crippen LogP contribution in [-0.4, -0.2) is 15.8 Å². The summed E-state index contributed by atoms with van der Waals surface area (Å²) in [5, 5.41) is 8.03. The fraction of sp³-hybridized carbons (Fsp3) is 0.0833. The zero-order valence-electron chi connectivity index (χ0n) is 9.34. The third-order valence-electron chi connectivity index (χ3n) is 2.21. The van der Waals surface area contributed by atoms with Gasteiger partial charge >= 0.3 is 0 Å². The average Bonchev–Trinajstić information content (AvgIpc) is 2.33. The first-order chi connectivity index (χ1) is 8.16. The molecule has 0 saturated carbocycles. The Morgan fingerprint density at radius 3 is 2.59 bits per heavy atom. The summed E-state index contributed by atoms with van der Waals surface area (Å²) < 4.78 is 0. The molecular formula is C12H12N4S. The molecule has 0 aliphatic rings. The number of hydrogen-bond donors (Lipinski definition) is 2. The number of aromatic nitrogens is 2. The maximum absolute atomic E-state index is 7.23. The summed E-state index contributed by atoms with van der Waals surface area (Å²) in [5.74, 6) is -0.0649. The van der Waals surface area contributed by atoms with Crippen molar-refractivity contribution in [2.75, 3.05) is 0 Å². The van der Waals surface area contributed by atoms with E-state index in [4.69, 9.17) is 11.1 Å². The Hall–Kier alpha value is -1.88. The average molecular weight is 244 g/mol. The van der Waals surface area contributed by atoms with E-state index in [1.807, 2.05) is 18.2 Å². The molecule has 0 amide bonds. The Bertz CT molecular complexity index is 536. The van der Waals surface area contributed by atoms with Gasteiger partial charge in [-0.15, -0.1) is 0 Å². The number of nitrogen functional groups attached to an aromatic ring is 1. The Kier molecular flexibility index (Phi) is 3.39. The number of nitrogens with one attached hydrogen (secondary N) is 1. The van der Waals surface area contributed by atoms with Crippen LogP contribution < -0.4 is 5.73 Å². The van der Waals surface area contributed by atoms with E-state index in [0.717, 1.165) is 9.92 Å². The van der Waals surface area contributed by atoms with E-state index in [0.29, 0.717) is 5.69 Å². The van der Waals surface area contributed by atoms with Gasteiger partial charge in [0.05, 0.1) is 12.4 Å². The molecule has 0 bridgehead atoms. The molecule has 0 saturated heterocycles. The lowest BCUT2D eigenvalue weighted by atomic mass is 10.2. The number of amidine groups is 1. The van der Waals surface area contributed by atoms with Gasteiger partial charge in [0, 0.05) is 4.90 Å². The van der Waals surface area contributed by atoms with Crippen LogP contribution in [0.1, 0.15) is 11.3 Å². The minimum absolute atomic E-state index is 0.0649. The van der Waals surface area contributed by atoms with Crippen molar-refractivity contribution in [3.63, 3.8) is 0 Å². The van der Waals surface area contributed by atoms with Gasteiger partial charge in [0.15, 0.2) is 0 Å². The molecular weight excluding hydrogens is 232 g/mol. The lowest BCUT2D eigenvalue weighted by molar-refractivity contribution is 1.04. The van der Waals surface area contributed by atoms with Crippen LogP contribution in [0.2, 0.25) is 0 Å². The molecule has 1 aromatic heterocycles. The van der Waals surface area contributed by atoms with E-state index in [1.165, 1.54) is 11.8 Å². The lowest BCUT2D eigenvalue weighted by Gasteiger charge is -2.04. The first-order valence-corrected chi connectivity index (χ1v) is 5.88. The molecule has 17 heavy (non-hydrogen) atoms. The third kappa shape index (κ3) is 2.82. The van der Waals surface area contributed by atoms with Gasteiger partial charge in [0.2, 0.25) is 0 Å². The summed E-state index contributed by atoms with van der Waals surface area (Å²) >= 11 is 1.55. The normalized spacial score (nSPS) is 10.2. The van der Waals surface area contributed by atoms with Gasteiger partial charge in [0.1, 0.15) is 16.6 Å². The number of benzene rings is 1. The molecule has 0 fully saturated rings. The summed E-state index contributed by atoms with van der Waals surface area (Å²) in [6.45, 7) is 2.06. The first-order valence-electron chi connectivity index (χ1n) is 5.07. The quantitative estimate of drug-likeness (QED) is 0.641. The Morgan fingerprint density at radius 1 is 1.24 bits per heavy atom. The van der Waals surface area contributed by atoms with Gasteiger partial charge in [-0.1, -0.05) is 30.0 Å². The molecule has 4 nitrogen and oxygen atoms in total. The predicted octanol–water partition coefficient (Wildman–Crippen LogP) is 2.22. The minimum atomic E-state index is -0.0649. The van der Waals surface area contributed by atoms with Crippen molar-refractivity contribution < 1.29 is 0 Å². The number of hydrogen-bond acceptors (Lipinski definition) is 4. The van der Waals surface area contributed by atoms with Crippen molar-refractivity contribution in [3.8, 4) is 0 Å². The van der Waals surface area contributed by atoms with Crippen LogP contribution in [0.5, 0.6) is 0 Å². The van der Waals surface area contributed by atoms with E-state index in [9.17, 15) is 0 Å². The molecule has 86 valence electrons. The van der Waals surface area contributed by atoms with Crippen molar-refractivity contribution in [1.82, 2.24) is 9.97 Å². The highest BCUT2D eigenvalue weighted by atomic mass is 32.2. The highest BCUT2D eigenvalue weighted by molar-refractivity contribution is 7.99. The molecule has 5 heteroatoms. The molecule has 0 aliphatic heterocycles.